The molecule has 138 valence electrons. The van der Waals surface area contributed by atoms with Crippen LogP contribution in [0.15, 0.2) is 34.3 Å². The van der Waals surface area contributed by atoms with Crippen molar-refractivity contribution in [3.63, 3.8) is 0 Å². The number of rotatable bonds is 4. The zero-order valence-electron chi connectivity index (χ0n) is 16.6. The molecule has 0 unspecified atom stereocenters. The Balaban J connectivity index is 2.78. The van der Waals surface area contributed by atoms with Crippen LogP contribution in [0.25, 0.3) is 0 Å². The summed E-state index contributed by atoms with van der Waals surface area (Å²) in [5.74, 6) is -1.83. The summed E-state index contributed by atoms with van der Waals surface area (Å²) in [6, 6.07) is 3.50. The van der Waals surface area contributed by atoms with Gasteiger partial charge in [0.25, 0.3) is 5.91 Å². The van der Waals surface area contributed by atoms with Crippen LogP contribution in [0.4, 0.5) is 11.5 Å². The molecule has 0 aliphatic rings. The fourth-order valence-corrected chi connectivity index (χ4v) is 2.71. The lowest BCUT2D eigenvalue weighted by Gasteiger charge is -2.07. The first kappa shape index (κ1) is 15.0. The molecule has 26 heavy (non-hydrogen) atoms. The van der Waals surface area contributed by atoms with Gasteiger partial charge in [-0.1, -0.05) is 0 Å². The molecule has 0 fully saturated rings. The molecule has 0 atom stereocenters. The third-order valence-corrected chi connectivity index (χ3v) is 4.06. The van der Waals surface area contributed by atoms with Crippen LogP contribution in [-0.2, 0) is 14.6 Å². The lowest BCUT2D eigenvalue weighted by atomic mass is 10.3. The number of aromatic nitrogens is 3. The van der Waals surface area contributed by atoms with Crippen molar-refractivity contribution in [2.24, 2.45) is 4.99 Å². The maximum atomic E-state index is 12.3. The van der Waals surface area contributed by atoms with E-state index in [1.54, 1.807) is 5.32 Å². The predicted molar refractivity (Wildman–Crippen MR) is 89.7 cm³/mol. The van der Waals surface area contributed by atoms with Crippen molar-refractivity contribution < 1.29 is 27.3 Å². The molecule has 2 amide bonds. The number of pyridine rings is 1. The minimum atomic E-state index is -3.84. The van der Waals surface area contributed by atoms with Gasteiger partial charge in [0.1, 0.15) is 10.6 Å². The van der Waals surface area contributed by atoms with E-state index >= 15 is 0 Å². The van der Waals surface area contributed by atoms with Crippen molar-refractivity contribution in [3.05, 3.63) is 35.6 Å². The number of carbonyl (C=O) groups is 2. The summed E-state index contributed by atoms with van der Waals surface area (Å²) in [5.41, 5.74) is -1.39. The molecule has 0 spiro atoms. The van der Waals surface area contributed by atoms with E-state index in [-0.39, 0.29) is 16.4 Å². The second-order valence-electron chi connectivity index (χ2n) is 5.02. The summed E-state index contributed by atoms with van der Waals surface area (Å²) in [6.07, 6.45) is 1.98. The lowest BCUT2D eigenvalue weighted by Crippen LogP contribution is -2.26. The molecule has 2 aromatic heterocycles. The second kappa shape index (κ2) is 7.31. The van der Waals surface area contributed by atoms with Crippen LogP contribution >= 0.6 is 0 Å². The molecule has 0 bridgehead atoms. The van der Waals surface area contributed by atoms with Crippen molar-refractivity contribution >= 4 is 33.2 Å². The van der Waals surface area contributed by atoms with Crippen LogP contribution in [0.2, 0.25) is 0 Å². The van der Waals surface area contributed by atoms with E-state index in [0.29, 0.717) is 4.73 Å². The van der Waals surface area contributed by atoms with E-state index in [4.69, 9.17) is 4.11 Å². The molecule has 0 aliphatic carbocycles. The first-order valence-corrected chi connectivity index (χ1v) is 8.80. The maximum Gasteiger partial charge on any atom is 0.273 e. The number of nitrogens with zero attached hydrogens (tertiary/aromatic N) is 4. The zero-order valence-corrected chi connectivity index (χ0v) is 14.4. The molecule has 0 saturated heterocycles. The van der Waals surface area contributed by atoms with Gasteiger partial charge >= 0.3 is 0 Å². The Kier molecular flexibility index (Phi) is 4.22. The van der Waals surface area contributed by atoms with Gasteiger partial charge in [-0.05, 0) is 12.1 Å². The largest absolute Gasteiger partial charge is 0.427 e. The van der Waals surface area contributed by atoms with Crippen LogP contribution in [0.5, 0.6) is 0 Å². The average Bonchev–Trinajstić information content (AvgIpc) is 2.53. The summed E-state index contributed by atoms with van der Waals surface area (Å²) < 4.78 is 45.8. The number of hydrogen-bond acceptors (Lipinski definition) is 8. The molecule has 0 aromatic carbocycles. The van der Waals surface area contributed by atoms with E-state index < -0.39 is 39.8 Å². The van der Waals surface area contributed by atoms with Gasteiger partial charge < -0.3 is 15.8 Å². The van der Waals surface area contributed by atoms with E-state index in [2.05, 4.69) is 20.5 Å². The van der Waals surface area contributed by atoms with Gasteiger partial charge in [-0.25, -0.2) is 13.4 Å². The second-order valence-corrected chi connectivity index (χ2v) is 7.01. The molecular formula is C14H16N6O5S. The van der Waals surface area contributed by atoms with E-state index in [1.807, 2.05) is 0 Å². The molecule has 0 aliphatic heterocycles. The SMILES string of the molecule is [2H]C([2H])([2H])NC(=O)c1nnc(NC(C)=O)cc1N=c1c(S(C)(=O)=O)cccn1O. The molecule has 3 N–H and O–H groups in total. The van der Waals surface area contributed by atoms with E-state index in [1.165, 1.54) is 19.1 Å². The summed E-state index contributed by atoms with van der Waals surface area (Å²) in [7, 11) is -3.84. The summed E-state index contributed by atoms with van der Waals surface area (Å²) >= 11 is 0. The number of amides is 2. The van der Waals surface area contributed by atoms with Crippen molar-refractivity contribution in [3.8, 4) is 0 Å². The number of hydrogen-bond donors (Lipinski definition) is 3. The number of nitrogens with one attached hydrogen (secondary N) is 2. The Morgan fingerprint density at radius 2 is 2.12 bits per heavy atom. The van der Waals surface area contributed by atoms with Crippen molar-refractivity contribution in [2.45, 2.75) is 11.8 Å². The molecule has 11 nitrogen and oxygen atoms in total. The average molecular weight is 383 g/mol. The van der Waals surface area contributed by atoms with Gasteiger partial charge in [0.05, 0.1) is 0 Å². The summed E-state index contributed by atoms with van der Waals surface area (Å²) in [5, 5.41) is 21.2. The molecule has 12 heteroatoms. The highest BCUT2D eigenvalue weighted by Gasteiger charge is 2.17. The van der Waals surface area contributed by atoms with E-state index in [9.17, 15) is 23.2 Å². The smallest absolute Gasteiger partial charge is 0.273 e. The Bertz CT molecular complexity index is 1140. The highest BCUT2D eigenvalue weighted by atomic mass is 32.2. The summed E-state index contributed by atoms with van der Waals surface area (Å²) in [4.78, 5) is 27.1. The zero-order chi connectivity index (χ0) is 22.0. The highest BCUT2D eigenvalue weighted by Crippen LogP contribution is 2.19. The molecule has 2 rings (SSSR count). The van der Waals surface area contributed by atoms with Gasteiger partial charge in [0, 0.05) is 36.5 Å². The molecule has 2 aromatic rings. The fourth-order valence-electron chi connectivity index (χ4n) is 1.91. The molecule has 0 saturated carbocycles. The van der Waals surface area contributed by atoms with Gasteiger partial charge in [0.2, 0.25) is 5.91 Å². The topological polar surface area (TPSA) is 156 Å². The first-order valence-electron chi connectivity index (χ1n) is 8.41. The van der Waals surface area contributed by atoms with Crippen LogP contribution < -0.4 is 16.1 Å². The Hall–Kier alpha value is -3.28. The fraction of sp³-hybridized carbons (Fsp3) is 0.214. The van der Waals surface area contributed by atoms with Gasteiger partial charge in [-0.3, -0.25) is 9.59 Å². The Morgan fingerprint density at radius 3 is 2.73 bits per heavy atom. The molecule has 0 radical (unpaired) electrons. The van der Waals surface area contributed by atoms with Gasteiger partial charge in [0.15, 0.2) is 26.8 Å². The first-order chi connectivity index (χ1) is 13.3. The van der Waals surface area contributed by atoms with Crippen molar-refractivity contribution in [1.82, 2.24) is 20.2 Å². The molecule has 2 heterocycles. The van der Waals surface area contributed by atoms with Crippen LogP contribution in [0, 0.1) is 0 Å². The maximum absolute atomic E-state index is 12.3. The van der Waals surface area contributed by atoms with Crippen LogP contribution in [-0.4, -0.2) is 53.6 Å². The van der Waals surface area contributed by atoms with Crippen molar-refractivity contribution in [2.75, 3.05) is 18.5 Å². The minimum Gasteiger partial charge on any atom is -0.427 e. The van der Waals surface area contributed by atoms with Gasteiger partial charge in [-0.2, -0.15) is 4.73 Å². The van der Waals surface area contributed by atoms with Gasteiger partial charge in [-0.15, -0.1) is 10.2 Å². The van der Waals surface area contributed by atoms with Crippen molar-refractivity contribution in [1.29, 1.82) is 0 Å². The Labute approximate surface area is 152 Å². The predicted octanol–water partition coefficient (Wildman–Crippen LogP) is -0.531. The number of carbonyl (C=O) groups excluding carboxylic acids is 2. The highest BCUT2D eigenvalue weighted by molar-refractivity contribution is 7.90. The van der Waals surface area contributed by atoms with E-state index in [0.717, 1.165) is 18.5 Å². The lowest BCUT2D eigenvalue weighted by molar-refractivity contribution is -0.114. The Morgan fingerprint density at radius 1 is 1.38 bits per heavy atom. The van der Waals surface area contributed by atoms with Crippen LogP contribution in [0.3, 0.4) is 0 Å². The normalized spacial score (nSPS) is 14.1. The quantitative estimate of drug-likeness (QED) is 0.599. The molecular weight excluding hydrogens is 364 g/mol. The number of sulfone groups is 1. The standard InChI is InChI=1S/C14H16N6O5S/c1-8(21)16-11-7-9(12(19-18-11)14(22)15-2)17-13-10(26(3,24)25)5-4-6-20(13)23/h4-7,23H,1-3H3,(H,15,22)(H,16,18,21)/i2D3. The minimum absolute atomic E-state index is 0.136. The monoisotopic (exact) mass is 383 g/mol. The number of anilines is 1. The van der Waals surface area contributed by atoms with Crippen LogP contribution in [0.1, 0.15) is 21.5 Å². The summed E-state index contributed by atoms with van der Waals surface area (Å²) in [6.45, 7) is -1.65. The third-order valence-electron chi connectivity index (χ3n) is 2.94. The third kappa shape index (κ3) is 4.22.